The van der Waals surface area contributed by atoms with Crippen molar-refractivity contribution in [3.05, 3.63) is 39.8 Å². The van der Waals surface area contributed by atoms with Gasteiger partial charge in [0.25, 0.3) is 5.56 Å². The quantitative estimate of drug-likeness (QED) is 0.540. The fraction of sp³-hybridized carbons (Fsp3) is 0.609. The van der Waals surface area contributed by atoms with E-state index in [2.05, 4.69) is 4.98 Å². The standard InChI is InChI=1S/C23H28ClF3N2O2/c24-18-13-17-15(6-11-29-21(17)30)12-19(18)31-16-4-9-22(10-5-16,20(28)14-2-3-14)7-1-8-23(25,26)27/h6,11-14,16,20H,1-5,7-10,28H2,(H,29,30). The van der Waals surface area contributed by atoms with E-state index in [4.69, 9.17) is 22.1 Å². The maximum atomic E-state index is 12.7. The summed E-state index contributed by atoms with van der Waals surface area (Å²) in [7, 11) is 0. The van der Waals surface area contributed by atoms with Crippen molar-refractivity contribution in [2.75, 3.05) is 0 Å². The molecule has 1 aromatic carbocycles. The molecule has 0 amide bonds. The van der Waals surface area contributed by atoms with Crippen LogP contribution in [0, 0.1) is 11.3 Å². The first-order valence-corrected chi connectivity index (χ1v) is 11.3. The highest BCUT2D eigenvalue weighted by atomic mass is 35.5. The van der Waals surface area contributed by atoms with E-state index in [1.165, 1.54) is 0 Å². The molecule has 4 nitrogen and oxygen atoms in total. The summed E-state index contributed by atoms with van der Waals surface area (Å²) in [6, 6.07) is 5.13. The molecule has 2 aliphatic rings. The van der Waals surface area contributed by atoms with Crippen molar-refractivity contribution in [1.29, 1.82) is 0 Å². The summed E-state index contributed by atoms with van der Waals surface area (Å²) >= 11 is 6.36. The molecule has 3 N–H and O–H groups in total. The van der Waals surface area contributed by atoms with E-state index in [0.717, 1.165) is 43.9 Å². The Morgan fingerprint density at radius 3 is 2.58 bits per heavy atom. The number of pyridine rings is 1. The Morgan fingerprint density at radius 2 is 1.94 bits per heavy atom. The number of aromatic amines is 1. The zero-order valence-corrected chi connectivity index (χ0v) is 18.1. The molecule has 8 heteroatoms. The van der Waals surface area contributed by atoms with Gasteiger partial charge >= 0.3 is 6.18 Å². The number of nitrogens with one attached hydrogen (secondary N) is 1. The van der Waals surface area contributed by atoms with Gasteiger partial charge in [0.05, 0.1) is 11.1 Å². The monoisotopic (exact) mass is 456 g/mol. The van der Waals surface area contributed by atoms with Gasteiger partial charge in [-0.15, -0.1) is 0 Å². The fourth-order valence-corrected chi connectivity index (χ4v) is 5.30. The van der Waals surface area contributed by atoms with Crippen molar-refractivity contribution >= 4 is 22.4 Å². The molecule has 170 valence electrons. The lowest BCUT2D eigenvalue weighted by atomic mass is 9.64. The Labute approximate surface area is 184 Å². The average Bonchev–Trinajstić information content (AvgIpc) is 3.54. The molecule has 0 saturated heterocycles. The molecule has 0 aliphatic heterocycles. The topological polar surface area (TPSA) is 68.1 Å². The van der Waals surface area contributed by atoms with Crippen LogP contribution in [-0.4, -0.2) is 23.3 Å². The third kappa shape index (κ3) is 5.20. The zero-order valence-electron chi connectivity index (χ0n) is 17.3. The Kier molecular flexibility index (Phi) is 6.28. The molecule has 2 aromatic rings. The van der Waals surface area contributed by atoms with Gasteiger partial charge in [-0.05, 0) is 86.3 Å². The highest BCUT2D eigenvalue weighted by Crippen LogP contribution is 2.50. The highest BCUT2D eigenvalue weighted by molar-refractivity contribution is 6.32. The van der Waals surface area contributed by atoms with Crippen LogP contribution in [0.1, 0.15) is 57.8 Å². The van der Waals surface area contributed by atoms with Crippen LogP contribution in [-0.2, 0) is 0 Å². The van der Waals surface area contributed by atoms with Gasteiger partial charge in [-0.25, -0.2) is 0 Å². The van der Waals surface area contributed by atoms with Crippen molar-refractivity contribution < 1.29 is 17.9 Å². The predicted molar refractivity (Wildman–Crippen MR) is 116 cm³/mol. The molecule has 2 saturated carbocycles. The van der Waals surface area contributed by atoms with Crippen molar-refractivity contribution in [3.8, 4) is 5.75 Å². The summed E-state index contributed by atoms with van der Waals surface area (Å²) in [5, 5.41) is 1.62. The van der Waals surface area contributed by atoms with Gasteiger partial charge in [-0.1, -0.05) is 11.6 Å². The van der Waals surface area contributed by atoms with E-state index in [9.17, 15) is 18.0 Å². The summed E-state index contributed by atoms with van der Waals surface area (Å²) in [6.07, 6.45) is 2.41. The fourth-order valence-electron chi connectivity index (χ4n) is 5.09. The van der Waals surface area contributed by atoms with Crippen molar-refractivity contribution in [2.24, 2.45) is 17.1 Å². The number of aromatic nitrogens is 1. The summed E-state index contributed by atoms with van der Waals surface area (Å²) in [5.41, 5.74) is 6.11. The molecule has 0 spiro atoms. The van der Waals surface area contributed by atoms with Gasteiger partial charge < -0.3 is 15.5 Å². The Balaban J connectivity index is 1.44. The number of ether oxygens (including phenoxy) is 1. The predicted octanol–water partition coefficient (Wildman–Crippen LogP) is 5.96. The lowest BCUT2D eigenvalue weighted by Gasteiger charge is -2.45. The van der Waals surface area contributed by atoms with E-state index in [1.807, 2.05) is 0 Å². The van der Waals surface area contributed by atoms with Gasteiger partial charge in [0, 0.05) is 24.0 Å². The number of alkyl halides is 3. The largest absolute Gasteiger partial charge is 0.489 e. The third-order valence-corrected chi connectivity index (χ3v) is 7.32. The normalized spacial score (nSPS) is 25.5. The number of H-pyrrole nitrogens is 1. The summed E-state index contributed by atoms with van der Waals surface area (Å²) in [4.78, 5) is 14.6. The Morgan fingerprint density at radius 1 is 1.23 bits per heavy atom. The molecule has 0 bridgehead atoms. The van der Waals surface area contributed by atoms with E-state index in [0.29, 0.717) is 28.5 Å². The number of nitrogens with two attached hydrogens (primary N) is 1. The molecule has 1 atom stereocenters. The van der Waals surface area contributed by atoms with Crippen LogP contribution in [0.5, 0.6) is 5.75 Å². The molecule has 31 heavy (non-hydrogen) atoms. The first-order chi connectivity index (χ1) is 14.7. The number of rotatable bonds is 7. The first-order valence-electron chi connectivity index (χ1n) is 11.0. The van der Waals surface area contributed by atoms with E-state index in [-0.39, 0.29) is 29.5 Å². The highest BCUT2D eigenvalue weighted by Gasteiger charge is 2.46. The van der Waals surface area contributed by atoms with Gasteiger partial charge in [-0.2, -0.15) is 13.2 Å². The maximum Gasteiger partial charge on any atom is 0.389 e. The number of halogens is 4. The van der Waals surface area contributed by atoms with Crippen LogP contribution in [0.15, 0.2) is 29.2 Å². The lowest BCUT2D eigenvalue weighted by molar-refractivity contribution is -0.137. The first kappa shape index (κ1) is 22.5. The zero-order chi connectivity index (χ0) is 22.2. The molecular weight excluding hydrogens is 429 g/mol. The number of hydrogen-bond acceptors (Lipinski definition) is 3. The minimum absolute atomic E-state index is 0.0438. The van der Waals surface area contributed by atoms with E-state index < -0.39 is 12.6 Å². The van der Waals surface area contributed by atoms with Crippen molar-refractivity contribution in [3.63, 3.8) is 0 Å². The van der Waals surface area contributed by atoms with Crippen molar-refractivity contribution in [2.45, 2.75) is 76.1 Å². The second kappa shape index (κ2) is 8.66. The van der Waals surface area contributed by atoms with Crippen LogP contribution in [0.3, 0.4) is 0 Å². The summed E-state index contributed by atoms with van der Waals surface area (Å²) in [6.45, 7) is 0. The molecule has 2 fully saturated rings. The van der Waals surface area contributed by atoms with Crippen LogP contribution < -0.4 is 16.0 Å². The molecule has 1 aromatic heterocycles. The summed E-state index contributed by atoms with van der Waals surface area (Å²) in [5.74, 6) is 0.970. The maximum absolute atomic E-state index is 12.7. The van der Waals surface area contributed by atoms with Gasteiger partial charge in [0.2, 0.25) is 0 Å². The minimum Gasteiger partial charge on any atom is -0.489 e. The second-order valence-corrected chi connectivity index (χ2v) is 9.60. The summed E-state index contributed by atoms with van der Waals surface area (Å²) < 4.78 is 44.3. The van der Waals surface area contributed by atoms with Crippen LogP contribution in [0.25, 0.3) is 10.8 Å². The molecule has 0 radical (unpaired) electrons. The Hall–Kier alpha value is -1.73. The average molecular weight is 457 g/mol. The lowest BCUT2D eigenvalue weighted by Crippen LogP contribution is -2.47. The third-order valence-electron chi connectivity index (χ3n) is 7.02. The van der Waals surface area contributed by atoms with Crippen LogP contribution in [0.4, 0.5) is 13.2 Å². The van der Waals surface area contributed by atoms with Crippen LogP contribution in [0.2, 0.25) is 5.02 Å². The number of fused-ring (bicyclic) bond motifs is 1. The SMILES string of the molecule is NC(C1CC1)C1(CCCC(F)(F)F)CCC(Oc2cc3cc[nH]c(=O)c3cc2Cl)CC1. The van der Waals surface area contributed by atoms with E-state index >= 15 is 0 Å². The van der Waals surface area contributed by atoms with Gasteiger partial charge in [-0.3, -0.25) is 4.79 Å². The number of hydrogen-bond donors (Lipinski definition) is 2. The van der Waals surface area contributed by atoms with Crippen molar-refractivity contribution in [1.82, 2.24) is 4.98 Å². The second-order valence-electron chi connectivity index (χ2n) is 9.19. The molecule has 2 aliphatic carbocycles. The van der Waals surface area contributed by atoms with Crippen LogP contribution >= 0.6 is 11.6 Å². The van der Waals surface area contributed by atoms with Gasteiger partial charge in [0.1, 0.15) is 5.75 Å². The number of benzene rings is 1. The minimum atomic E-state index is -4.13. The molecule has 4 rings (SSSR count). The van der Waals surface area contributed by atoms with E-state index in [1.54, 1.807) is 24.4 Å². The smallest absolute Gasteiger partial charge is 0.389 e. The molecule has 1 heterocycles. The Bertz CT molecular complexity index is 979. The van der Waals surface area contributed by atoms with Gasteiger partial charge in [0.15, 0.2) is 0 Å². The molecular formula is C23H28ClF3N2O2. The molecule has 1 unspecified atom stereocenters.